The predicted molar refractivity (Wildman–Crippen MR) is 142 cm³/mol. The van der Waals surface area contributed by atoms with Gasteiger partial charge in [0.15, 0.2) is 10.8 Å². The second-order valence-corrected chi connectivity index (χ2v) is 9.63. The summed E-state index contributed by atoms with van der Waals surface area (Å²) in [5, 5.41) is 0.118. The molecule has 0 radical (unpaired) electrons. The van der Waals surface area contributed by atoms with Gasteiger partial charge in [0.05, 0.1) is 12.1 Å². The van der Waals surface area contributed by atoms with Crippen LogP contribution in [-0.4, -0.2) is 41.5 Å². The van der Waals surface area contributed by atoms with E-state index < -0.39 is 23.0 Å². The van der Waals surface area contributed by atoms with Gasteiger partial charge in [-0.15, -0.1) is 0 Å². The van der Waals surface area contributed by atoms with Crippen molar-refractivity contribution in [3.63, 3.8) is 0 Å². The first kappa shape index (κ1) is 28.1. The van der Waals surface area contributed by atoms with Gasteiger partial charge in [-0.3, -0.25) is 14.5 Å². The van der Waals surface area contributed by atoms with E-state index in [-0.39, 0.29) is 30.0 Å². The lowest BCUT2D eigenvalue weighted by Crippen LogP contribution is -2.55. The molecule has 4 rings (SSSR count). The largest absolute Gasteiger partial charge is 0.407 e. The number of benzene rings is 2. The van der Waals surface area contributed by atoms with E-state index in [2.05, 4.69) is 4.85 Å². The lowest BCUT2D eigenvalue weighted by molar-refractivity contribution is -0.137. The summed E-state index contributed by atoms with van der Waals surface area (Å²) in [6, 6.07) is 10.8. The Labute approximate surface area is 220 Å². The Kier molecular flexibility index (Phi) is 7.98. The highest BCUT2D eigenvalue weighted by Crippen LogP contribution is 2.48. The van der Waals surface area contributed by atoms with Crippen molar-refractivity contribution in [2.24, 2.45) is 0 Å². The first-order valence-corrected chi connectivity index (χ1v) is 12.0. The number of anilines is 2. The smallest absolute Gasteiger partial charge is 0.349 e. The number of rotatable bonds is 6. The monoisotopic (exact) mass is 530 g/mol. The van der Waals surface area contributed by atoms with E-state index in [0.29, 0.717) is 37.8 Å². The Morgan fingerprint density at radius 1 is 1.14 bits per heavy atom. The van der Waals surface area contributed by atoms with Crippen molar-refractivity contribution in [3.05, 3.63) is 65.0 Å². The van der Waals surface area contributed by atoms with Crippen molar-refractivity contribution in [1.82, 2.24) is 4.90 Å². The van der Waals surface area contributed by atoms with E-state index in [1.807, 2.05) is 24.3 Å². The van der Waals surface area contributed by atoms with Crippen LogP contribution in [0.3, 0.4) is 0 Å². The van der Waals surface area contributed by atoms with Crippen LogP contribution in [0.1, 0.15) is 50.7 Å². The van der Waals surface area contributed by atoms with Crippen molar-refractivity contribution in [3.8, 4) is 0 Å². The molecule has 2 amide bonds. The number of carbonyl (C=O) groups is 2. The summed E-state index contributed by atoms with van der Waals surface area (Å²) in [6.07, 6.45) is -0.969. The van der Waals surface area contributed by atoms with Crippen molar-refractivity contribution < 1.29 is 22.8 Å². The Bertz CT molecular complexity index is 1250. The van der Waals surface area contributed by atoms with E-state index >= 15 is 0 Å². The fourth-order valence-corrected chi connectivity index (χ4v) is 5.14. The van der Waals surface area contributed by atoms with Crippen molar-refractivity contribution >= 4 is 46.2 Å². The molecule has 10 heteroatoms. The molecule has 6 nitrogen and oxygen atoms in total. The predicted octanol–water partition coefficient (Wildman–Crippen LogP) is 6.36. The van der Waals surface area contributed by atoms with E-state index in [0.717, 1.165) is 29.0 Å². The highest BCUT2D eigenvalue weighted by Gasteiger charge is 2.59. The molecule has 2 aliphatic rings. The number of halogens is 3. The van der Waals surface area contributed by atoms with Crippen molar-refractivity contribution in [2.45, 2.75) is 57.7 Å². The first-order chi connectivity index (χ1) is 17.0. The number of hydrogen-bond donors (Lipinski definition) is 0. The zero-order chi connectivity index (χ0) is 26.3. The third-order valence-electron chi connectivity index (χ3n) is 6.81. The van der Waals surface area contributed by atoms with E-state index in [1.165, 1.54) is 6.07 Å². The molecule has 0 bridgehead atoms. The molecule has 196 valence electrons. The molecule has 0 atom stereocenters. The van der Waals surface area contributed by atoms with E-state index in [1.54, 1.807) is 23.9 Å². The summed E-state index contributed by atoms with van der Waals surface area (Å²) in [4.78, 5) is 32.8. The minimum Gasteiger partial charge on any atom is -0.349 e. The van der Waals surface area contributed by atoms with Crippen LogP contribution in [0.5, 0.6) is 0 Å². The van der Waals surface area contributed by atoms with Gasteiger partial charge in [0.2, 0.25) is 5.91 Å². The van der Waals surface area contributed by atoms with E-state index in [4.69, 9.17) is 18.8 Å². The van der Waals surface area contributed by atoms with Crippen LogP contribution in [0.15, 0.2) is 42.5 Å². The molecule has 1 saturated heterocycles. The number of alkyl halides is 3. The Morgan fingerprint density at radius 3 is 2.27 bits per heavy atom. The van der Waals surface area contributed by atoms with Crippen molar-refractivity contribution in [1.29, 1.82) is 0 Å². The number of carbonyl (C=O) groups excluding carboxylic acids is 2. The fourth-order valence-electron chi connectivity index (χ4n) is 4.67. The Balaban J connectivity index is 0.00000380. The molecule has 1 saturated carbocycles. The van der Waals surface area contributed by atoms with Gasteiger partial charge in [-0.05, 0) is 74.2 Å². The van der Waals surface area contributed by atoms with Gasteiger partial charge in [0.1, 0.15) is 5.54 Å². The molecular weight excluding hydrogens is 501 g/mol. The third-order valence-corrected chi connectivity index (χ3v) is 7.17. The number of aryl methyl sites for hydroxylation is 1. The molecule has 1 aliphatic carbocycles. The highest BCUT2D eigenvalue weighted by atomic mass is 32.1. The average Bonchev–Trinajstić information content (AvgIpc) is 3.05. The first-order valence-electron chi connectivity index (χ1n) is 11.6. The normalized spacial score (nSPS) is 16.3. The maximum absolute atomic E-state index is 13.6. The molecule has 0 unspecified atom stereocenters. The van der Waals surface area contributed by atoms with Gasteiger partial charge >= 0.3 is 6.18 Å². The lowest BCUT2D eigenvalue weighted by Gasteiger charge is -2.43. The van der Waals surface area contributed by atoms with Gasteiger partial charge in [-0.25, -0.2) is 4.85 Å². The zero-order valence-electron chi connectivity index (χ0n) is 19.9. The maximum Gasteiger partial charge on any atom is 0.407 e. The number of nitrogens with zero attached hydrogens (tertiary/aromatic N) is 4. The van der Waals surface area contributed by atoms with Crippen LogP contribution in [0, 0.1) is 6.57 Å². The molecule has 1 aliphatic heterocycles. The van der Waals surface area contributed by atoms with Gasteiger partial charge in [0.25, 0.3) is 5.91 Å². The van der Waals surface area contributed by atoms with Crippen LogP contribution < -0.4 is 9.80 Å². The standard InChI is InChI=1S/C26H25F3N4O2S.CH4/c1-30-21-13-12-19(16-20(21)26(27,28)29)32-23(35)25(14-5-15-25)33(24(32)36)18-10-8-17(9-11-18)6-4-7-22(34)31(2)3;/h8-13,16H,4-7,14-15H2,2-3H3;1H4. The van der Waals surface area contributed by atoms with E-state index in [9.17, 15) is 22.8 Å². The second kappa shape index (κ2) is 10.5. The van der Waals surface area contributed by atoms with Gasteiger partial charge in [0, 0.05) is 31.9 Å². The molecule has 0 N–H and O–H groups in total. The SMILES string of the molecule is C.[C-]#[N+]c1ccc(N2C(=O)C3(CCC3)N(c3ccc(CCCC(=O)N(C)C)cc3)C2=S)cc1C(F)(F)F. The van der Waals surface area contributed by atoms with Gasteiger partial charge in [-0.1, -0.05) is 25.6 Å². The molecule has 1 spiro atoms. The number of thiocarbonyl (C=S) groups is 1. The fraction of sp³-hybridized carbons (Fsp3) is 0.407. The van der Waals surface area contributed by atoms with Crippen LogP contribution in [-0.2, 0) is 22.2 Å². The zero-order valence-corrected chi connectivity index (χ0v) is 20.7. The number of hydrogen-bond acceptors (Lipinski definition) is 3. The molecular formula is C27H29F3N4O2S. The summed E-state index contributed by atoms with van der Waals surface area (Å²) in [5.74, 6) is -0.286. The Morgan fingerprint density at radius 2 is 1.76 bits per heavy atom. The average molecular weight is 531 g/mol. The molecule has 1 heterocycles. The Hall–Kier alpha value is -3.45. The molecule has 2 fully saturated rings. The molecule has 2 aromatic carbocycles. The van der Waals surface area contributed by atoms with Crippen LogP contribution >= 0.6 is 12.2 Å². The maximum atomic E-state index is 13.6. The quantitative estimate of drug-likeness (QED) is 0.322. The van der Waals surface area contributed by atoms with Crippen molar-refractivity contribution in [2.75, 3.05) is 23.9 Å². The molecule has 2 aromatic rings. The number of amides is 2. The second-order valence-electron chi connectivity index (χ2n) is 9.26. The minimum atomic E-state index is -4.74. The summed E-state index contributed by atoms with van der Waals surface area (Å²) in [5.41, 5.74) is -0.817. The molecule has 0 aromatic heterocycles. The highest BCUT2D eigenvalue weighted by molar-refractivity contribution is 7.81. The summed E-state index contributed by atoms with van der Waals surface area (Å²) < 4.78 is 40.7. The summed E-state index contributed by atoms with van der Waals surface area (Å²) in [6.45, 7) is 7.06. The minimum absolute atomic E-state index is 0. The van der Waals surface area contributed by atoms with Gasteiger partial charge in [-0.2, -0.15) is 13.2 Å². The van der Waals surface area contributed by atoms with Gasteiger partial charge < -0.3 is 9.80 Å². The molecule has 37 heavy (non-hydrogen) atoms. The van der Waals surface area contributed by atoms with Crippen LogP contribution in [0.4, 0.5) is 30.2 Å². The van der Waals surface area contributed by atoms with Crippen LogP contribution in [0.2, 0.25) is 0 Å². The third kappa shape index (κ3) is 5.05. The lowest BCUT2D eigenvalue weighted by atomic mass is 9.75. The summed E-state index contributed by atoms with van der Waals surface area (Å²) in [7, 11) is 3.44. The topological polar surface area (TPSA) is 48.2 Å². The van der Waals surface area contributed by atoms with Crippen LogP contribution in [0.25, 0.3) is 4.85 Å². The summed E-state index contributed by atoms with van der Waals surface area (Å²) >= 11 is 5.65.